The zero-order valence-corrected chi connectivity index (χ0v) is 18.3. The zero-order chi connectivity index (χ0) is 22.6. The summed E-state index contributed by atoms with van der Waals surface area (Å²) < 4.78 is 5.19. The van der Waals surface area contributed by atoms with Crippen molar-refractivity contribution < 1.29 is 23.9 Å². The molecule has 31 heavy (non-hydrogen) atoms. The molecule has 4 amide bonds. The van der Waals surface area contributed by atoms with E-state index in [0.29, 0.717) is 18.5 Å². The quantitative estimate of drug-likeness (QED) is 0.484. The third kappa shape index (κ3) is 5.15. The summed E-state index contributed by atoms with van der Waals surface area (Å²) in [7, 11) is 3.85. The van der Waals surface area contributed by atoms with E-state index >= 15 is 0 Å². The van der Waals surface area contributed by atoms with Gasteiger partial charge < -0.3 is 20.3 Å². The Morgan fingerprint density at radius 2 is 1.84 bits per heavy atom. The van der Waals surface area contributed by atoms with E-state index < -0.39 is 29.6 Å². The summed E-state index contributed by atoms with van der Waals surface area (Å²) in [5.41, 5.74) is 0.869. The number of rotatable bonds is 8. The number of carbonyl (C=O) groups is 4. The summed E-state index contributed by atoms with van der Waals surface area (Å²) in [6, 6.07) is 6.90. The molecule has 1 aromatic carbocycles. The average molecular weight is 431 g/mol. The van der Waals surface area contributed by atoms with Crippen LogP contribution in [-0.4, -0.2) is 61.0 Å². The molecule has 3 rings (SSSR count). The molecular weight excluding hydrogens is 400 g/mol. The number of hydrogen-bond acceptors (Lipinski definition) is 6. The summed E-state index contributed by atoms with van der Waals surface area (Å²) in [4.78, 5) is 52.2. The molecular formula is C22H30N4O5. The number of imide groups is 1. The van der Waals surface area contributed by atoms with Gasteiger partial charge in [-0.2, -0.15) is 0 Å². The number of anilines is 2. The Balaban J connectivity index is 1.41. The van der Waals surface area contributed by atoms with Crippen molar-refractivity contribution in [1.29, 1.82) is 0 Å². The van der Waals surface area contributed by atoms with Gasteiger partial charge in [-0.1, -0.05) is 12.8 Å². The molecule has 1 atom stereocenters. The van der Waals surface area contributed by atoms with Crippen LogP contribution in [0.25, 0.3) is 0 Å². The largest absolute Gasteiger partial charge is 0.453 e. The number of esters is 1. The molecule has 168 valence electrons. The standard InChI is InChI=1S/C22H30N4O5/c1-15(19(28)23-16-8-10-17(11-9-16)25(2)3)31-18(27)7-6-14-26-20(29)22(24-21(26)30)12-4-5-13-22/h8-11,15H,4-7,12-14H2,1-3H3,(H,23,28)(H,24,30). The van der Waals surface area contributed by atoms with E-state index in [9.17, 15) is 19.2 Å². The Bertz CT molecular complexity index is 846. The normalized spacial score (nSPS) is 18.1. The fourth-order valence-corrected chi connectivity index (χ4v) is 3.97. The van der Waals surface area contributed by atoms with Crippen LogP contribution in [0.1, 0.15) is 45.4 Å². The third-order valence-electron chi connectivity index (χ3n) is 5.79. The summed E-state index contributed by atoms with van der Waals surface area (Å²) in [5, 5.41) is 5.53. The minimum atomic E-state index is -0.959. The SMILES string of the molecule is CC(OC(=O)CCCN1C(=O)NC2(CCCC2)C1=O)C(=O)Nc1ccc(N(C)C)cc1. The highest BCUT2D eigenvalue weighted by atomic mass is 16.5. The first-order valence-electron chi connectivity index (χ1n) is 10.6. The van der Waals surface area contributed by atoms with Crippen LogP contribution in [0.4, 0.5) is 16.2 Å². The molecule has 2 fully saturated rings. The number of nitrogens with one attached hydrogen (secondary N) is 2. The van der Waals surface area contributed by atoms with Crippen LogP contribution in [0, 0.1) is 0 Å². The maximum Gasteiger partial charge on any atom is 0.325 e. The highest BCUT2D eigenvalue weighted by Crippen LogP contribution is 2.35. The van der Waals surface area contributed by atoms with Crippen LogP contribution in [0.3, 0.4) is 0 Å². The molecule has 0 radical (unpaired) electrons. The van der Waals surface area contributed by atoms with Gasteiger partial charge in [0, 0.05) is 38.4 Å². The topological polar surface area (TPSA) is 108 Å². The average Bonchev–Trinajstić information content (AvgIpc) is 3.28. The van der Waals surface area contributed by atoms with E-state index in [0.717, 1.165) is 18.5 Å². The van der Waals surface area contributed by atoms with Gasteiger partial charge in [-0.05, 0) is 50.5 Å². The van der Waals surface area contributed by atoms with Crippen LogP contribution in [0.2, 0.25) is 0 Å². The molecule has 1 heterocycles. The van der Waals surface area contributed by atoms with Crippen LogP contribution in [0.15, 0.2) is 24.3 Å². The first-order valence-corrected chi connectivity index (χ1v) is 10.6. The number of carbonyl (C=O) groups excluding carboxylic acids is 4. The van der Waals surface area contributed by atoms with Crippen molar-refractivity contribution in [2.24, 2.45) is 0 Å². The second-order valence-electron chi connectivity index (χ2n) is 8.34. The number of nitrogens with zero attached hydrogens (tertiary/aromatic N) is 2. The number of ether oxygens (including phenoxy) is 1. The minimum absolute atomic E-state index is 0.0131. The summed E-state index contributed by atoms with van der Waals surface area (Å²) in [6.45, 7) is 1.66. The lowest BCUT2D eigenvalue weighted by Gasteiger charge is -2.20. The molecule has 1 aliphatic carbocycles. The molecule has 0 aromatic heterocycles. The molecule has 1 spiro atoms. The van der Waals surface area contributed by atoms with Crippen molar-refractivity contribution in [3.63, 3.8) is 0 Å². The molecule has 1 saturated heterocycles. The van der Waals surface area contributed by atoms with Crippen molar-refractivity contribution in [2.45, 2.75) is 57.1 Å². The van der Waals surface area contributed by atoms with E-state index in [1.165, 1.54) is 11.8 Å². The Morgan fingerprint density at radius 3 is 2.45 bits per heavy atom. The van der Waals surface area contributed by atoms with Crippen LogP contribution in [0.5, 0.6) is 0 Å². The number of amides is 4. The monoisotopic (exact) mass is 430 g/mol. The van der Waals surface area contributed by atoms with Crippen LogP contribution < -0.4 is 15.5 Å². The number of benzene rings is 1. The first-order chi connectivity index (χ1) is 14.7. The molecule has 0 bridgehead atoms. The van der Waals surface area contributed by atoms with Crippen LogP contribution in [-0.2, 0) is 19.1 Å². The van der Waals surface area contributed by atoms with Crippen molar-refractivity contribution in [2.75, 3.05) is 30.9 Å². The van der Waals surface area contributed by atoms with Gasteiger partial charge in [-0.25, -0.2) is 4.79 Å². The van der Waals surface area contributed by atoms with Crippen molar-refractivity contribution in [1.82, 2.24) is 10.2 Å². The Kier molecular flexibility index (Phi) is 6.82. The Hall–Kier alpha value is -3.10. The summed E-state index contributed by atoms with van der Waals surface area (Å²) in [6.07, 6.45) is 2.52. The molecule has 1 aliphatic heterocycles. The van der Waals surface area contributed by atoms with Crippen molar-refractivity contribution in [3.8, 4) is 0 Å². The van der Waals surface area contributed by atoms with Gasteiger partial charge in [0.1, 0.15) is 5.54 Å². The van der Waals surface area contributed by atoms with E-state index in [1.807, 2.05) is 31.1 Å². The molecule has 1 aromatic rings. The lowest BCUT2D eigenvalue weighted by molar-refractivity contribution is -0.153. The summed E-state index contributed by atoms with van der Waals surface area (Å²) >= 11 is 0. The third-order valence-corrected chi connectivity index (χ3v) is 5.79. The Morgan fingerprint density at radius 1 is 1.19 bits per heavy atom. The molecule has 1 unspecified atom stereocenters. The first kappa shape index (κ1) is 22.6. The highest BCUT2D eigenvalue weighted by molar-refractivity contribution is 6.07. The van der Waals surface area contributed by atoms with E-state index in [2.05, 4.69) is 10.6 Å². The fraction of sp³-hybridized carbons (Fsp3) is 0.545. The lowest BCUT2D eigenvalue weighted by Crippen LogP contribution is -2.44. The van der Waals surface area contributed by atoms with Gasteiger partial charge in [0.15, 0.2) is 6.10 Å². The second kappa shape index (κ2) is 9.36. The second-order valence-corrected chi connectivity index (χ2v) is 8.34. The molecule has 2 N–H and O–H groups in total. The van der Waals surface area contributed by atoms with Gasteiger partial charge >= 0.3 is 12.0 Å². The minimum Gasteiger partial charge on any atom is -0.453 e. The predicted octanol–water partition coefficient (Wildman–Crippen LogP) is 2.27. The molecule has 9 nitrogen and oxygen atoms in total. The van der Waals surface area contributed by atoms with Gasteiger partial charge in [0.2, 0.25) is 0 Å². The maximum absolute atomic E-state index is 12.6. The van der Waals surface area contributed by atoms with Gasteiger partial charge in [0.05, 0.1) is 0 Å². The lowest BCUT2D eigenvalue weighted by atomic mass is 9.98. The fourth-order valence-electron chi connectivity index (χ4n) is 3.97. The predicted molar refractivity (Wildman–Crippen MR) is 116 cm³/mol. The number of urea groups is 1. The van der Waals surface area contributed by atoms with Crippen LogP contribution >= 0.6 is 0 Å². The highest BCUT2D eigenvalue weighted by Gasteiger charge is 2.52. The van der Waals surface area contributed by atoms with E-state index in [4.69, 9.17) is 4.74 Å². The van der Waals surface area contributed by atoms with E-state index in [-0.39, 0.29) is 25.3 Å². The van der Waals surface area contributed by atoms with Crippen molar-refractivity contribution in [3.05, 3.63) is 24.3 Å². The van der Waals surface area contributed by atoms with Crippen molar-refractivity contribution >= 4 is 35.2 Å². The summed E-state index contributed by atoms with van der Waals surface area (Å²) in [5.74, 6) is -1.17. The van der Waals surface area contributed by atoms with E-state index in [1.54, 1.807) is 12.1 Å². The molecule has 9 heteroatoms. The molecule has 1 saturated carbocycles. The Labute approximate surface area is 182 Å². The zero-order valence-electron chi connectivity index (χ0n) is 18.3. The maximum atomic E-state index is 12.6. The van der Waals surface area contributed by atoms with Gasteiger partial charge in [0.25, 0.3) is 11.8 Å². The molecule has 2 aliphatic rings. The van der Waals surface area contributed by atoms with Gasteiger partial charge in [-0.15, -0.1) is 0 Å². The smallest absolute Gasteiger partial charge is 0.325 e. The van der Waals surface area contributed by atoms with Gasteiger partial charge in [-0.3, -0.25) is 19.3 Å². The number of hydrogen-bond donors (Lipinski definition) is 2.